The minimum atomic E-state index is -0.256. The van der Waals surface area contributed by atoms with Crippen LogP contribution in [0.4, 0.5) is 4.39 Å². The van der Waals surface area contributed by atoms with Crippen molar-refractivity contribution in [3.63, 3.8) is 0 Å². The number of ether oxygens (including phenoxy) is 1. The van der Waals surface area contributed by atoms with Crippen LogP contribution in [0.2, 0.25) is 0 Å². The number of halogens is 1. The molecule has 0 unspecified atom stereocenters. The number of hydrogen-bond acceptors (Lipinski definition) is 2. The fraction of sp³-hybridized carbons (Fsp3) is 0.143. The highest BCUT2D eigenvalue weighted by atomic mass is 19.1. The molecule has 2 rings (SSSR count). The molecule has 3 heteroatoms. The number of benzene rings is 2. The van der Waals surface area contributed by atoms with Gasteiger partial charge >= 0.3 is 0 Å². The van der Waals surface area contributed by atoms with Crippen LogP contribution < -0.4 is 10.5 Å². The third-order valence-electron chi connectivity index (χ3n) is 2.69. The minimum absolute atomic E-state index is 0.256. The predicted molar refractivity (Wildman–Crippen MR) is 66.3 cm³/mol. The van der Waals surface area contributed by atoms with Gasteiger partial charge in [-0.15, -0.1) is 0 Å². The number of nitrogens with two attached hydrogens (primary N) is 1. The van der Waals surface area contributed by atoms with E-state index in [0.717, 1.165) is 22.4 Å². The Morgan fingerprint density at radius 1 is 1.12 bits per heavy atom. The summed E-state index contributed by atoms with van der Waals surface area (Å²) in [5, 5.41) is 0. The van der Waals surface area contributed by atoms with Crippen LogP contribution in [0, 0.1) is 5.82 Å². The number of methoxy groups -OCH3 is 1. The topological polar surface area (TPSA) is 35.2 Å². The van der Waals surface area contributed by atoms with E-state index >= 15 is 0 Å². The number of hydrogen-bond donors (Lipinski definition) is 1. The first-order valence-corrected chi connectivity index (χ1v) is 5.37. The van der Waals surface area contributed by atoms with E-state index in [1.54, 1.807) is 13.2 Å². The molecule has 0 saturated heterocycles. The van der Waals surface area contributed by atoms with E-state index < -0.39 is 0 Å². The van der Waals surface area contributed by atoms with Gasteiger partial charge in [0.15, 0.2) is 0 Å². The second-order valence-corrected chi connectivity index (χ2v) is 3.73. The smallest absolute Gasteiger partial charge is 0.123 e. The molecule has 0 aliphatic carbocycles. The molecule has 0 spiro atoms. The van der Waals surface area contributed by atoms with Crippen molar-refractivity contribution < 1.29 is 9.13 Å². The maximum absolute atomic E-state index is 13.2. The van der Waals surface area contributed by atoms with Gasteiger partial charge in [0.2, 0.25) is 0 Å². The molecule has 0 radical (unpaired) electrons. The van der Waals surface area contributed by atoms with E-state index in [-0.39, 0.29) is 5.82 Å². The Hall–Kier alpha value is -1.87. The van der Waals surface area contributed by atoms with Crippen LogP contribution in [0.25, 0.3) is 11.1 Å². The Labute approximate surface area is 99.8 Å². The SMILES string of the molecule is COc1ccc(-c2cc(F)ccc2CN)cc1. The summed E-state index contributed by atoms with van der Waals surface area (Å²) in [4.78, 5) is 0. The second-order valence-electron chi connectivity index (χ2n) is 3.73. The van der Waals surface area contributed by atoms with E-state index in [1.807, 2.05) is 24.3 Å². The third-order valence-corrected chi connectivity index (χ3v) is 2.69. The maximum atomic E-state index is 13.2. The van der Waals surface area contributed by atoms with E-state index in [0.29, 0.717) is 6.54 Å². The van der Waals surface area contributed by atoms with Gasteiger partial charge in [0.05, 0.1) is 7.11 Å². The standard InChI is InChI=1S/C14H14FNO/c1-17-13-6-3-10(4-7-13)14-8-12(15)5-2-11(14)9-16/h2-8H,9,16H2,1H3. The molecule has 0 saturated carbocycles. The molecule has 2 aromatic carbocycles. The molecule has 0 fully saturated rings. The average Bonchev–Trinajstić information content (AvgIpc) is 2.39. The zero-order chi connectivity index (χ0) is 12.3. The van der Waals surface area contributed by atoms with Gasteiger partial charge in [0, 0.05) is 6.54 Å². The fourth-order valence-electron chi connectivity index (χ4n) is 1.77. The quantitative estimate of drug-likeness (QED) is 0.881. The van der Waals surface area contributed by atoms with Gasteiger partial charge in [-0.25, -0.2) is 4.39 Å². The summed E-state index contributed by atoms with van der Waals surface area (Å²) in [5.74, 6) is 0.521. The summed E-state index contributed by atoms with van der Waals surface area (Å²) in [6, 6.07) is 12.1. The highest BCUT2D eigenvalue weighted by Crippen LogP contribution is 2.26. The van der Waals surface area contributed by atoms with Crippen molar-refractivity contribution in [1.29, 1.82) is 0 Å². The van der Waals surface area contributed by atoms with Crippen LogP contribution in [0.1, 0.15) is 5.56 Å². The lowest BCUT2D eigenvalue weighted by molar-refractivity contribution is 0.415. The van der Waals surface area contributed by atoms with Gasteiger partial charge in [-0.2, -0.15) is 0 Å². The molecule has 0 heterocycles. The van der Waals surface area contributed by atoms with Crippen molar-refractivity contribution in [2.24, 2.45) is 5.73 Å². The van der Waals surface area contributed by atoms with Crippen LogP contribution in [-0.2, 0) is 6.54 Å². The summed E-state index contributed by atoms with van der Waals surface area (Å²) in [5.41, 5.74) is 8.34. The highest BCUT2D eigenvalue weighted by Gasteiger charge is 2.05. The van der Waals surface area contributed by atoms with Gasteiger partial charge in [-0.3, -0.25) is 0 Å². The molecular weight excluding hydrogens is 217 g/mol. The molecule has 0 aliphatic heterocycles. The molecule has 88 valence electrons. The van der Waals surface area contributed by atoms with Crippen molar-refractivity contribution in [2.45, 2.75) is 6.54 Å². The van der Waals surface area contributed by atoms with Crippen molar-refractivity contribution in [2.75, 3.05) is 7.11 Å². The normalized spacial score (nSPS) is 10.3. The average molecular weight is 231 g/mol. The lowest BCUT2D eigenvalue weighted by Crippen LogP contribution is -1.99. The fourth-order valence-corrected chi connectivity index (χ4v) is 1.77. The lowest BCUT2D eigenvalue weighted by atomic mass is 9.99. The van der Waals surface area contributed by atoms with Gasteiger partial charge in [0.25, 0.3) is 0 Å². The molecule has 2 nitrogen and oxygen atoms in total. The van der Waals surface area contributed by atoms with Crippen LogP contribution in [-0.4, -0.2) is 7.11 Å². The summed E-state index contributed by atoms with van der Waals surface area (Å²) < 4.78 is 18.3. The second kappa shape index (κ2) is 4.97. The van der Waals surface area contributed by atoms with E-state index in [9.17, 15) is 4.39 Å². The largest absolute Gasteiger partial charge is 0.497 e. The molecule has 0 bridgehead atoms. The molecule has 0 atom stereocenters. The van der Waals surface area contributed by atoms with Gasteiger partial charge in [-0.05, 0) is 41.0 Å². The molecule has 17 heavy (non-hydrogen) atoms. The molecule has 0 amide bonds. The van der Waals surface area contributed by atoms with Gasteiger partial charge in [-0.1, -0.05) is 18.2 Å². The van der Waals surface area contributed by atoms with Crippen molar-refractivity contribution in [3.8, 4) is 16.9 Å². The van der Waals surface area contributed by atoms with Gasteiger partial charge in [0.1, 0.15) is 11.6 Å². The summed E-state index contributed by atoms with van der Waals surface area (Å²) in [6.07, 6.45) is 0. The molecule has 0 aliphatic rings. The first-order chi connectivity index (χ1) is 8.24. The van der Waals surface area contributed by atoms with Crippen LogP contribution >= 0.6 is 0 Å². The molecule has 0 aromatic heterocycles. The first-order valence-electron chi connectivity index (χ1n) is 5.37. The lowest BCUT2D eigenvalue weighted by Gasteiger charge is -2.09. The van der Waals surface area contributed by atoms with Crippen molar-refractivity contribution >= 4 is 0 Å². The maximum Gasteiger partial charge on any atom is 0.123 e. The summed E-state index contributed by atoms with van der Waals surface area (Å²) in [6.45, 7) is 0.391. The van der Waals surface area contributed by atoms with Crippen LogP contribution in [0.15, 0.2) is 42.5 Å². The number of rotatable bonds is 3. The zero-order valence-electron chi connectivity index (χ0n) is 9.61. The molecule has 2 aromatic rings. The monoisotopic (exact) mass is 231 g/mol. The van der Waals surface area contributed by atoms with Gasteiger partial charge < -0.3 is 10.5 Å². The summed E-state index contributed by atoms with van der Waals surface area (Å²) >= 11 is 0. The minimum Gasteiger partial charge on any atom is -0.497 e. The molecule has 2 N–H and O–H groups in total. The Balaban J connectivity index is 2.47. The van der Waals surface area contributed by atoms with E-state index in [1.165, 1.54) is 12.1 Å². The summed E-state index contributed by atoms with van der Waals surface area (Å²) in [7, 11) is 1.61. The van der Waals surface area contributed by atoms with E-state index in [4.69, 9.17) is 10.5 Å². The highest BCUT2D eigenvalue weighted by molar-refractivity contribution is 5.68. The van der Waals surface area contributed by atoms with Crippen LogP contribution in [0.5, 0.6) is 5.75 Å². The third kappa shape index (κ3) is 2.45. The molecular formula is C14H14FNO. The Kier molecular flexibility index (Phi) is 3.40. The van der Waals surface area contributed by atoms with Crippen molar-refractivity contribution in [1.82, 2.24) is 0 Å². The van der Waals surface area contributed by atoms with Crippen LogP contribution in [0.3, 0.4) is 0 Å². The van der Waals surface area contributed by atoms with Crippen molar-refractivity contribution in [3.05, 3.63) is 53.8 Å². The predicted octanol–water partition coefficient (Wildman–Crippen LogP) is 2.96. The Morgan fingerprint density at radius 2 is 1.82 bits per heavy atom. The Bertz CT molecular complexity index is 508. The Morgan fingerprint density at radius 3 is 2.41 bits per heavy atom. The van der Waals surface area contributed by atoms with E-state index in [2.05, 4.69) is 0 Å². The zero-order valence-corrected chi connectivity index (χ0v) is 9.61. The first kappa shape index (κ1) is 11.6.